The molecule has 0 saturated carbocycles. The van der Waals surface area contributed by atoms with E-state index in [0.29, 0.717) is 6.42 Å². The molecule has 2 aliphatic heterocycles. The lowest BCUT2D eigenvalue weighted by atomic mass is 9.53. The van der Waals surface area contributed by atoms with Gasteiger partial charge in [0.05, 0.1) is 24.1 Å². The lowest BCUT2D eigenvalue weighted by molar-refractivity contribution is -0.273. The fourth-order valence-electron chi connectivity index (χ4n) is 4.20. The average Bonchev–Trinajstić information content (AvgIpc) is 2.80. The Morgan fingerprint density at radius 2 is 1.81 bits per heavy atom. The summed E-state index contributed by atoms with van der Waals surface area (Å²) in [5.74, 6) is -5.00. The maximum absolute atomic E-state index is 13.8. The molecule has 1 aromatic carbocycles. The van der Waals surface area contributed by atoms with Crippen LogP contribution >= 0.6 is 0 Å². The minimum atomic E-state index is -2.17. The van der Waals surface area contributed by atoms with E-state index in [0.717, 1.165) is 12.1 Å². The summed E-state index contributed by atoms with van der Waals surface area (Å²) in [6, 6.07) is 8.51. The first-order valence-electron chi connectivity index (χ1n) is 7.90. The van der Waals surface area contributed by atoms with Gasteiger partial charge in [-0.3, -0.25) is 5.41 Å². The van der Waals surface area contributed by atoms with Gasteiger partial charge in [-0.15, -0.1) is 0 Å². The van der Waals surface area contributed by atoms with Crippen molar-refractivity contribution in [2.45, 2.75) is 32.2 Å². The predicted molar refractivity (Wildman–Crippen MR) is 82.9 cm³/mol. The third kappa shape index (κ3) is 1.81. The molecule has 2 fully saturated rings. The molecule has 1 N–H and O–H groups in total. The highest BCUT2D eigenvalue weighted by Gasteiger charge is 2.78. The zero-order valence-electron chi connectivity index (χ0n) is 14.0. The second-order valence-electron chi connectivity index (χ2n) is 6.53. The number of benzene rings is 1. The molecule has 2 heterocycles. The van der Waals surface area contributed by atoms with Crippen LogP contribution in [0, 0.1) is 67.8 Å². The summed E-state index contributed by atoms with van der Waals surface area (Å²) in [7, 11) is 0. The van der Waals surface area contributed by atoms with Crippen LogP contribution in [0.1, 0.15) is 31.9 Å². The van der Waals surface area contributed by atoms with Crippen LogP contribution in [0.4, 0.5) is 8.78 Å². The van der Waals surface area contributed by atoms with E-state index in [4.69, 9.17) is 14.9 Å². The molecule has 2 saturated heterocycles. The molecule has 26 heavy (non-hydrogen) atoms. The zero-order chi connectivity index (χ0) is 19.3. The van der Waals surface area contributed by atoms with Gasteiger partial charge in [0.2, 0.25) is 17.1 Å². The molecule has 8 heteroatoms. The summed E-state index contributed by atoms with van der Waals surface area (Å²) < 4.78 is 38.5. The molecular formula is C18H14F2N4O2. The number of ether oxygens (including phenoxy) is 2. The number of nitrogens with zero attached hydrogens (tertiary/aromatic N) is 3. The molecule has 132 valence electrons. The molecule has 2 aliphatic rings. The summed E-state index contributed by atoms with van der Waals surface area (Å²) in [6.07, 6.45) is -1.09. The molecule has 1 aromatic rings. The number of rotatable bonds is 2. The Morgan fingerprint density at radius 3 is 2.31 bits per heavy atom. The normalized spacial score (nSPS) is 34.3. The van der Waals surface area contributed by atoms with E-state index in [1.54, 1.807) is 6.92 Å². The molecule has 0 radical (unpaired) electrons. The van der Waals surface area contributed by atoms with E-state index >= 15 is 0 Å². The maximum Gasteiger partial charge on any atom is 0.214 e. The number of hydrogen-bond donors (Lipinski definition) is 1. The quantitative estimate of drug-likeness (QED) is 0.873. The van der Waals surface area contributed by atoms with Gasteiger partial charge >= 0.3 is 0 Å². The largest absolute Gasteiger partial charge is 0.448 e. The molecule has 4 unspecified atom stereocenters. The molecule has 0 aromatic heterocycles. The molecule has 0 spiro atoms. The fourth-order valence-corrected chi connectivity index (χ4v) is 4.20. The van der Waals surface area contributed by atoms with Gasteiger partial charge in [0.25, 0.3) is 0 Å². The second kappa shape index (κ2) is 5.49. The van der Waals surface area contributed by atoms with Gasteiger partial charge in [-0.05, 0) is 24.1 Å². The van der Waals surface area contributed by atoms with E-state index in [9.17, 15) is 24.6 Å². The zero-order valence-corrected chi connectivity index (χ0v) is 14.0. The molecule has 0 amide bonds. The minimum Gasteiger partial charge on any atom is -0.448 e. The summed E-state index contributed by atoms with van der Waals surface area (Å²) >= 11 is 0. The highest BCUT2D eigenvalue weighted by Crippen LogP contribution is 2.67. The molecule has 2 bridgehead atoms. The van der Waals surface area contributed by atoms with Gasteiger partial charge in [-0.25, -0.2) is 8.78 Å². The Kier molecular flexibility index (Phi) is 3.76. The number of hydrogen-bond acceptors (Lipinski definition) is 6. The highest BCUT2D eigenvalue weighted by molar-refractivity contribution is 5.89. The Morgan fingerprint density at radius 1 is 1.15 bits per heavy atom. The molecule has 0 aliphatic carbocycles. The first-order chi connectivity index (χ1) is 12.3. The summed E-state index contributed by atoms with van der Waals surface area (Å²) in [5, 5.41) is 38.0. The van der Waals surface area contributed by atoms with Crippen molar-refractivity contribution < 1.29 is 18.3 Å². The van der Waals surface area contributed by atoms with Gasteiger partial charge in [-0.1, -0.05) is 13.0 Å². The minimum absolute atomic E-state index is 0.0192. The first-order valence-corrected chi connectivity index (χ1v) is 7.90. The maximum atomic E-state index is 13.8. The Labute approximate surface area is 148 Å². The van der Waals surface area contributed by atoms with Crippen LogP contribution in [0.15, 0.2) is 18.2 Å². The van der Waals surface area contributed by atoms with Crippen LogP contribution in [0.5, 0.6) is 0 Å². The summed E-state index contributed by atoms with van der Waals surface area (Å²) in [4.78, 5) is 0. The first kappa shape index (κ1) is 17.8. The number of nitriles is 3. The van der Waals surface area contributed by atoms with Crippen molar-refractivity contribution >= 4 is 5.90 Å². The van der Waals surface area contributed by atoms with Crippen molar-refractivity contribution in [1.29, 1.82) is 21.2 Å². The van der Waals surface area contributed by atoms with E-state index in [-0.39, 0.29) is 5.56 Å². The van der Waals surface area contributed by atoms with Crippen molar-refractivity contribution in [3.05, 3.63) is 35.4 Å². The average molecular weight is 356 g/mol. The second-order valence-corrected chi connectivity index (χ2v) is 6.53. The van der Waals surface area contributed by atoms with E-state index in [2.05, 4.69) is 0 Å². The van der Waals surface area contributed by atoms with Crippen LogP contribution in [-0.2, 0) is 9.47 Å². The van der Waals surface area contributed by atoms with Gasteiger partial charge in [0, 0.05) is 6.92 Å². The summed E-state index contributed by atoms with van der Waals surface area (Å²) in [5.41, 5.74) is -4.04. The van der Waals surface area contributed by atoms with Crippen molar-refractivity contribution in [3.8, 4) is 18.2 Å². The molecular weight excluding hydrogens is 342 g/mol. The van der Waals surface area contributed by atoms with E-state index < -0.39 is 46.2 Å². The van der Waals surface area contributed by atoms with Gasteiger partial charge < -0.3 is 9.47 Å². The monoisotopic (exact) mass is 356 g/mol. The topological polar surface area (TPSA) is 114 Å². The van der Waals surface area contributed by atoms with Crippen molar-refractivity contribution in [2.24, 2.45) is 16.7 Å². The van der Waals surface area contributed by atoms with Crippen LogP contribution in [-0.4, -0.2) is 11.7 Å². The van der Waals surface area contributed by atoms with Gasteiger partial charge in [0.1, 0.15) is 6.10 Å². The lowest BCUT2D eigenvalue weighted by Crippen LogP contribution is -2.58. The highest BCUT2D eigenvalue weighted by atomic mass is 19.2. The van der Waals surface area contributed by atoms with Gasteiger partial charge in [0.15, 0.2) is 17.0 Å². The van der Waals surface area contributed by atoms with Gasteiger partial charge in [-0.2, -0.15) is 15.8 Å². The molecule has 4 atom stereocenters. The Bertz CT molecular complexity index is 915. The smallest absolute Gasteiger partial charge is 0.214 e. The third-order valence-electron chi connectivity index (χ3n) is 5.37. The van der Waals surface area contributed by atoms with Crippen LogP contribution in [0.25, 0.3) is 0 Å². The Hall–Kier alpha value is -3.02. The standard InChI is InChI=1S/C18H14F2N4O2/c1-3-13-16(2)25-14(10-4-5-11(19)12(20)6-10)17(7-21,8-22)18(13,9-23)15(24)26-16/h4-6,13-14,24H,3H2,1-2H3. The van der Waals surface area contributed by atoms with Crippen LogP contribution < -0.4 is 0 Å². The fraction of sp³-hybridized carbons (Fsp3) is 0.444. The number of halogens is 2. The molecule has 6 nitrogen and oxygen atoms in total. The SMILES string of the molecule is CCC1C2(C)OC(=N)C1(C#N)C(C#N)(C#N)C(c1ccc(F)c(F)c1)O2. The van der Waals surface area contributed by atoms with Crippen LogP contribution in [0.3, 0.4) is 0 Å². The third-order valence-corrected chi connectivity index (χ3v) is 5.37. The number of fused-ring (bicyclic) bond motifs is 2. The van der Waals surface area contributed by atoms with E-state index in [1.165, 1.54) is 13.0 Å². The van der Waals surface area contributed by atoms with Crippen molar-refractivity contribution in [1.82, 2.24) is 0 Å². The predicted octanol–water partition coefficient (Wildman–Crippen LogP) is 3.33. The number of nitrogens with one attached hydrogen (secondary N) is 1. The lowest BCUT2D eigenvalue weighted by Gasteiger charge is -2.48. The Balaban J connectivity index is 2.33. The van der Waals surface area contributed by atoms with Crippen molar-refractivity contribution in [3.63, 3.8) is 0 Å². The van der Waals surface area contributed by atoms with Crippen LogP contribution in [0.2, 0.25) is 0 Å². The van der Waals surface area contributed by atoms with E-state index in [1.807, 2.05) is 18.2 Å². The summed E-state index contributed by atoms with van der Waals surface area (Å²) in [6.45, 7) is 3.25. The van der Waals surface area contributed by atoms with Crippen molar-refractivity contribution in [2.75, 3.05) is 0 Å². The molecule has 3 rings (SSSR count).